The van der Waals surface area contributed by atoms with Gasteiger partial charge in [0, 0.05) is 13.6 Å². The average Bonchev–Trinajstić information content (AvgIpc) is 2.88. The van der Waals surface area contributed by atoms with E-state index >= 15 is 0 Å². The Morgan fingerprint density at radius 3 is 2.40 bits per heavy atom. The summed E-state index contributed by atoms with van der Waals surface area (Å²) in [6, 6.07) is 5.37. The highest BCUT2D eigenvalue weighted by Gasteiger charge is 2.31. The van der Waals surface area contributed by atoms with E-state index < -0.39 is 6.36 Å². The van der Waals surface area contributed by atoms with E-state index in [1.54, 1.807) is 7.05 Å². The van der Waals surface area contributed by atoms with Crippen LogP contribution in [0.4, 0.5) is 13.2 Å². The molecule has 1 N–H and O–H groups in total. The van der Waals surface area contributed by atoms with Gasteiger partial charge in [-0.25, -0.2) is 0 Å². The molecule has 0 saturated carbocycles. The van der Waals surface area contributed by atoms with Crippen LogP contribution in [0.15, 0.2) is 28.7 Å². The van der Waals surface area contributed by atoms with E-state index in [4.69, 9.17) is 0 Å². The minimum absolute atomic E-state index is 0.176. The zero-order valence-electron chi connectivity index (χ0n) is 13.8. The number of carbonyl (C=O) groups is 1. The first-order valence-electron chi connectivity index (χ1n) is 7.42. The van der Waals surface area contributed by atoms with Crippen LogP contribution in [-0.2, 0) is 6.54 Å². The molecule has 136 valence electrons. The summed E-state index contributed by atoms with van der Waals surface area (Å²) in [6.45, 7) is 4.17. The zero-order valence-corrected chi connectivity index (χ0v) is 15.4. The first kappa shape index (κ1) is 19.3. The summed E-state index contributed by atoms with van der Waals surface area (Å²) < 4.78 is 40.9. The van der Waals surface area contributed by atoms with Crippen LogP contribution in [0.1, 0.15) is 41.5 Å². The molecule has 0 bridgehead atoms. The Hall–Kier alpha value is -2.03. The van der Waals surface area contributed by atoms with E-state index in [1.807, 2.05) is 13.8 Å². The Bertz CT molecular complexity index is 742. The number of rotatable bonds is 5. The van der Waals surface area contributed by atoms with Gasteiger partial charge in [-0.3, -0.25) is 9.89 Å². The van der Waals surface area contributed by atoms with Crippen LogP contribution < -0.4 is 4.74 Å². The lowest BCUT2D eigenvalue weighted by Crippen LogP contribution is -2.26. The van der Waals surface area contributed by atoms with Crippen LogP contribution in [0.5, 0.6) is 5.75 Å². The largest absolute Gasteiger partial charge is 0.573 e. The molecule has 5 nitrogen and oxygen atoms in total. The maximum atomic E-state index is 12.5. The Labute approximate surface area is 151 Å². The molecule has 0 unspecified atom stereocenters. The number of nitrogens with zero attached hydrogens (tertiary/aromatic N) is 2. The van der Waals surface area contributed by atoms with E-state index in [9.17, 15) is 18.0 Å². The molecule has 1 aromatic carbocycles. The van der Waals surface area contributed by atoms with Crippen molar-refractivity contribution in [2.24, 2.45) is 0 Å². The topological polar surface area (TPSA) is 58.2 Å². The van der Waals surface area contributed by atoms with Crippen LogP contribution in [0.3, 0.4) is 0 Å². The summed E-state index contributed by atoms with van der Waals surface area (Å²) in [7, 11) is 1.60. The van der Waals surface area contributed by atoms with Crippen LogP contribution >= 0.6 is 15.9 Å². The van der Waals surface area contributed by atoms with E-state index in [0.717, 1.165) is 5.69 Å². The van der Waals surface area contributed by atoms with Crippen molar-refractivity contribution < 1.29 is 22.7 Å². The number of ether oxygens (including phenoxy) is 1. The fraction of sp³-hybridized carbons (Fsp3) is 0.375. The van der Waals surface area contributed by atoms with Crippen LogP contribution in [-0.4, -0.2) is 34.4 Å². The maximum absolute atomic E-state index is 12.5. The molecule has 1 heterocycles. The van der Waals surface area contributed by atoms with Crippen molar-refractivity contribution in [3.63, 3.8) is 0 Å². The van der Waals surface area contributed by atoms with Gasteiger partial charge in [-0.05, 0) is 39.5 Å². The number of aromatic amines is 1. The third-order valence-electron chi connectivity index (χ3n) is 3.44. The van der Waals surface area contributed by atoms with Gasteiger partial charge < -0.3 is 9.64 Å². The summed E-state index contributed by atoms with van der Waals surface area (Å²) in [5, 5.41) is 6.88. The van der Waals surface area contributed by atoms with Gasteiger partial charge in [0.05, 0.1) is 10.2 Å². The second kappa shape index (κ2) is 7.47. The number of aromatic nitrogens is 2. The first-order chi connectivity index (χ1) is 11.6. The quantitative estimate of drug-likeness (QED) is 0.777. The Kier molecular flexibility index (Phi) is 5.76. The van der Waals surface area contributed by atoms with Crippen LogP contribution in [0.25, 0.3) is 0 Å². The molecule has 0 aliphatic carbocycles. The molecule has 25 heavy (non-hydrogen) atoms. The zero-order chi connectivity index (χ0) is 18.8. The third kappa shape index (κ3) is 4.97. The minimum Gasteiger partial charge on any atom is -0.406 e. The second-order valence-corrected chi connectivity index (χ2v) is 6.60. The number of H-pyrrole nitrogens is 1. The number of benzene rings is 1. The summed E-state index contributed by atoms with van der Waals surface area (Å²) in [5.41, 5.74) is 1.76. The van der Waals surface area contributed by atoms with Gasteiger partial charge >= 0.3 is 6.36 Å². The number of halogens is 4. The number of amides is 1. The molecular formula is C16H17BrF3N3O2. The number of hydrogen-bond donors (Lipinski definition) is 1. The van der Waals surface area contributed by atoms with Gasteiger partial charge in [0.15, 0.2) is 5.69 Å². The van der Waals surface area contributed by atoms with Crippen molar-refractivity contribution in [1.29, 1.82) is 0 Å². The molecule has 0 fully saturated rings. The third-order valence-corrected chi connectivity index (χ3v) is 4.24. The smallest absolute Gasteiger partial charge is 0.406 e. The van der Waals surface area contributed by atoms with Gasteiger partial charge in [-0.1, -0.05) is 26.0 Å². The summed E-state index contributed by atoms with van der Waals surface area (Å²) in [6.07, 6.45) is -4.73. The molecule has 0 saturated heterocycles. The number of alkyl halides is 3. The molecule has 2 rings (SSSR count). The van der Waals surface area contributed by atoms with Crippen molar-refractivity contribution >= 4 is 21.8 Å². The molecule has 1 amide bonds. The van der Waals surface area contributed by atoms with E-state index in [2.05, 4.69) is 30.9 Å². The lowest BCUT2D eigenvalue weighted by Gasteiger charge is -2.17. The maximum Gasteiger partial charge on any atom is 0.573 e. The number of carbonyl (C=O) groups excluding carboxylic acids is 1. The normalized spacial score (nSPS) is 11.7. The Morgan fingerprint density at radius 2 is 1.92 bits per heavy atom. The summed E-state index contributed by atoms with van der Waals surface area (Å²) in [5.74, 6) is -0.428. The Balaban J connectivity index is 2.06. The fourth-order valence-corrected chi connectivity index (χ4v) is 2.99. The fourth-order valence-electron chi connectivity index (χ4n) is 2.19. The molecule has 0 spiro atoms. The minimum atomic E-state index is -4.73. The van der Waals surface area contributed by atoms with Gasteiger partial charge in [0.1, 0.15) is 5.75 Å². The van der Waals surface area contributed by atoms with Crippen LogP contribution in [0.2, 0.25) is 0 Å². The predicted molar refractivity (Wildman–Crippen MR) is 89.3 cm³/mol. The van der Waals surface area contributed by atoms with Crippen molar-refractivity contribution in [3.8, 4) is 5.75 Å². The molecule has 0 radical (unpaired) electrons. The lowest BCUT2D eigenvalue weighted by atomic mass is 10.1. The van der Waals surface area contributed by atoms with Crippen molar-refractivity contribution in [2.75, 3.05) is 7.05 Å². The van der Waals surface area contributed by atoms with Gasteiger partial charge in [0.2, 0.25) is 0 Å². The molecule has 0 aliphatic rings. The highest BCUT2D eigenvalue weighted by Crippen LogP contribution is 2.27. The first-order valence-corrected chi connectivity index (χ1v) is 8.21. The van der Waals surface area contributed by atoms with E-state index in [-0.39, 0.29) is 29.8 Å². The van der Waals surface area contributed by atoms with Crippen molar-refractivity contribution in [1.82, 2.24) is 15.1 Å². The lowest BCUT2D eigenvalue weighted by molar-refractivity contribution is -0.274. The number of hydrogen-bond acceptors (Lipinski definition) is 3. The molecule has 1 aromatic heterocycles. The highest BCUT2D eigenvalue weighted by molar-refractivity contribution is 9.10. The van der Waals surface area contributed by atoms with Gasteiger partial charge in [-0.2, -0.15) is 5.10 Å². The monoisotopic (exact) mass is 419 g/mol. The Morgan fingerprint density at radius 1 is 1.32 bits per heavy atom. The van der Waals surface area contributed by atoms with Crippen molar-refractivity contribution in [2.45, 2.75) is 32.7 Å². The predicted octanol–water partition coefficient (Wildman–Crippen LogP) is 4.47. The standard InChI is InChI=1S/C16H17BrF3N3O2/c1-9(2)13-12(17)14(22-21-13)15(24)23(3)8-10-4-6-11(7-5-10)25-16(18,19)20/h4-7,9H,8H2,1-3H3,(H,21,22). The van der Waals surface area contributed by atoms with Crippen molar-refractivity contribution in [3.05, 3.63) is 45.7 Å². The average molecular weight is 420 g/mol. The summed E-state index contributed by atoms with van der Waals surface area (Å²) in [4.78, 5) is 13.9. The van der Waals surface area contributed by atoms with E-state index in [0.29, 0.717) is 10.0 Å². The van der Waals surface area contributed by atoms with Crippen LogP contribution in [0, 0.1) is 0 Å². The SMILES string of the molecule is CC(C)c1[nH]nc(C(=O)N(C)Cc2ccc(OC(F)(F)F)cc2)c1Br. The van der Waals surface area contributed by atoms with E-state index in [1.165, 1.54) is 29.2 Å². The highest BCUT2D eigenvalue weighted by atomic mass is 79.9. The molecule has 0 aliphatic heterocycles. The molecular weight excluding hydrogens is 403 g/mol. The number of nitrogens with one attached hydrogen (secondary N) is 1. The molecule has 2 aromatic rings. The summed E-state index contributed by atoms with van der Waals surface area (Å²) >= 11 is 3.38. The molecule has 9 heteroatoms. The second-order valence-electron chi connectivity index (χ2n) is 5.81. The van der Waals surface area contributed by atoms with Gasteiger partial charge in [-0.15, -0.1) is 13.2 Å². The van der Waals surface area contributed by atoms with Gasteiger partial charge in [0.25, 0.3) is 5.91 Å². The molecule has 0 atom stereocenters.